The van der Waals surface area contributed by atoms with Crippen molar-refractivity contribution in [2.45, 2.75) is 53.3 Å². The van der Waals surface area contributed by atoms with Crippen molar-refractivity contribution in [3.8, 4) is 0 Å². The Labute approximate surface area is 206 Å². The largest absolute Gasteiger partial charge is 0.375 e. The summed E-state index contributed by atoms with van der Waals surface area (Å²) in [4.78, 5) is 26.8. The number of urea groups is 1. The topological polar surface area (TPSA) is 70.7 Å². The van der Waals surface area contributed by atoms with E-state index in [2.05, 4.69) is 10.6 Å². The molecule has 0 aliphatic heterocycles. The smallest absolute Gasteiger partial charge is 0.322 e. The average Bonchev–Trinajstić information content (AvgIpc) is 2.74. The molecule has 1 unspecified atom stereocenters. The molecule has 0 aliphatic rings. The maximum Gasteiger partial charge on any atom is 0.322 e. The van der Waals surface area contributed by atoms with Crippen molar-refractivity contribution in [1.29, 1.82) is 0 Å². The molecule has 0 aromatic heterocycles. The van der Waals surface area contributed by atoms with Crippen LogP contribution in [-0.2, 0) is 16.1 Å². The summed E-state index contributed by atoms with van der Waals surface area (Å²) in [6.07, 6.45) is -0.360. The first-order valence-corrected chi connectivity index (χ1v) is 11.6. The normalized spacial score (nSPS) is 12.4. The minimum atomic E-state index is -0.439. The van der Waals surface area contributed by atoms with Gasteiger partial charge >= 0.3 is 6.03 Å². The van der Waals surface area contributed by atoms with E-state index in [0.717, 1.165) is 11.1 Å². The van der Waals surface area contributed by atoms with Gasteiger partial charge in [-0.1, -0.05) is 62.2 Å². The molecule has 6 nitrogen and oxygen atoms in total. The summed E-state index contributed by atoms with van der Waals surface area (Å²) < 4.78 is 5.64. The second-order valence-electron chi connectivity index (χ2n) is 9.20. The molecule has 0 saturated heterocycles. The molecule has 33 heavy (non-hydrogen) atoms. The Morgan fingerprint density at radius 1 is 1.03 bits per heavy atom. The van der Waals surface area contributed by atoms with Crippen LogP contribution in [0.5, 0.6) is 0 Å². The second kappa shape index (κ2) is 11.7. The summed E-state index contributed by atoms with van der Waals surface area (Å²) in [5, 5.41) is 6.76. The first-order chi connectivity index (χ1) is 15.4. The van der Waals surface area contributed by atoms with E-state index in [4.69, 9.17) is 27.9 Å². The van der Waals surface area contributed by atoms with E-state index in [1.807, 2.05) is 65.0 Å². The molecule has 0 bridgehead atoms. The van der Waals surface area contributed by atoms with Crippen LogP contribution in [0, 0.1) is 5.41 Å². The number of benzene rings is 2. The molecular formula is C25H33Cl2N3O3. The van der Waals surface area contributed by atoms with Crippen LogP contribution in [0.1, 0.15) is 51.8 Å². The number of hydrogen-bond acceptors (Lipinski definition) is 3. The lowest BCUT2D eigenvalue weighted by Gasteiger charge is -2.30. The number of carbonyl (C=O) groups is 2. The molecule has 0 saturated carbocycles. The van der Waals surface area contributed by atoms with Crippen molar-refractivity contribution in [1.82, 2.24) is 10.2 Å². The van der Waals surface area contributed by atoms with E-state index in [1.54, 1.807) is 24.1 Å². The van der Waals surface area contributed by atoms with E-state index in [9.17, 15) is 9.59 Å². The molecule has 3 amide bonds. The Morgan fingerprint density at radius 2 is 1.67 bits per heavy atom. The molecule has 0 fully saturated rings. The molecule has 8 heteroatoms. The standard InChI is InChI=1S/C25H33Cl2N3O3/c1-16(2)30(15-22(33-6)18-9-12-20(26)21(27)13-18)24(32)29-19-10-7-17(8-11-19)14-28-23(31)25(3,4)5/h7-13,16,22H,14-15H2,1-6H3,(H,28,31)(H,29,32). The summed E-state index contributed by atoms with van der Waals surface area (Å²) in [6, 6.07) is 12.4. The summed E-state index contributed by atoms with van der Waals surface area (Å²) in [7, 11) is 1.60. The SMILES string of the molecule is COC(CN(C(=O)Nc1ccc(CNC(=O)C(C)(C)C)cc1)C(C)C)c1ccc(Cl)c(Cl)c1. The summed E-state index contributed by atoms with van der Waals surface area (Å²) >= 11 is 12.2. The molecule has 1 atom stereocenters. The van der Waals surface area contributed by atoms with Crippen molar-refractivity contribution in [3.05, 3.63) is 63.6 Å². The number of anilines is 1. The van der Waals surface area contributed by atoms with E-state index in [0.29, 0.717) is 28.8 Å². The van der Waals surface area contributed by atoms with Gasteiger partial charge in [-0.3, -0.25) is 4.79 Å². The maximum atomic E-state index is 13.0. The van der Waals surface area contributed by atoms with Gasteiger partial charge in [-0.2, -0.15) is 0 Å². The van der Waals surface area contributed by atoms with Gasteiger partial charge in [0.1, 0.15) is 0 Å². The highest BCUT2D eigenvalue weighted by atomic mass is 35.5. The number of halogens is 2. The lowest BCUT2D eigenvalue weighted by molar-refractivity contribution is -0.128. The monoisotopic (exact) mass is 493 g/mol. The molecule has 2 aromatic rings. The van der Waals surface area contributed by atoms with Gasteiger partial charge < -0.3 is 20.3 Å². The Morgan fingerprint density at radius 3 is 2.18 bits per heavy atom. The predicted molar refractivity (Wildman–Crippen MR) is 135 cm³/mol. The number of methoxy groups -OCH3 is 1. The lowest BCUT2D eigenvalue weighted by atomic mass is 9.95. The molecule has 0 heterocycles. The molecule has 0 spiro atoms. The van der Waals surface area contributed by atoms with Crippen LogP contribution >= 0.6 is 23.2 Å². The van der Waals surface area contributed by atoms with Gasteiger partial charge in [0.2, 0.25) is 5.91 Å². The van der Waals surface area contributed by atoms with Crippen LogP contribution in [0.2, 0.25) is 10.0 Å². The molecule has 2 aromatic carbocycles. The van der Waals surface area contributed by atoms with Gasteiger partial charge in [0.25, 0.3) is 0 Å². The fourth-order valence-corrected chi connectivity index (χ4v) is 3.39. The van der Waals surface area contributed by atoms with Gasteiger partial charge in [0.05, 0.1) is 22.7 Å². The van der Waals surface area contributed by atoms with Crippen molar-refractivity contribution in [2.75, 3.05) is 19.0 Å². The van der Waals surface area contributed by atoms with Gasteiger partial charge in [-0.15, -0.1) is 0 Å². The summed E-state index contributed by atoms with van der Waals surface area (Å²) in [6.45, 7) is 10.3. The number of nitrogens with zero attached hydrogens (tertiary/aromatic N) is 1. The minimum Gasteiger partial charge on any atom is -0.375 e. The Bertz CT molecular complexity index is 956. The third kappa shape index (κ3) is 7.91. The fraction of sp³-hybridized carbons (Fsp3) is 0.440. The Hall–Kier alpha value is -2.28. The van der Waals surface area contributed by atoms with Crippen LogP contribution in [0.3, 0.4) is 0 Å². The van der Waals surface area contributed by atoms with E-state index < -0.39 is 5.41 Å². The third-order valence-electron chi connectivity index (χ3n) is 5.19. The van der Waals surface area contributed by atoms with Gasteiger partial charge in [0, 0.05) is 30.8 Å². The van der Waals surface area contributed by atoms with Crippen molar-refractivity contribution < 1.29 is 14.3 Å². The Balaban J connectivity index is 2.04. The molecule has 180 valence electrons. The maximum absolute atomic E-state index is 13.0. The molecule has 2 rings (SSSR count). The highest BCUT2D eigenvalue weighted by Gasteiger charge is 2.24. The second-order valence-corrected chi connectivity index (χ2v) is 10.0. The fourth-order valence-electron chi connectivity index (χ4n) is 3.08. The average molecular weight is 494 g/mol. The molecule has 2 N–H and O–H groups in total. The molecule has 0 radical (unpaired) electrons. The molecule has 0 aliphatic carbocycles. The first kappa shape index (κ1) is 27.0. The van der Waals surface area contributed by atoms with Crippen molar-refractivity contribution in [3.63, 3.8) is 0 Å². The van der Waals surface area contributed by atoms with E-state index in [1.165, 1.54) is 0 Å². The zero-order chi connectivity index (χ0) is 24.8. The third-order valence-corrected chi connectivity index (χ3v) is 5.93. The summed E-state index contributed by atoms with van der Waals surface area (Å²) in [5.74, 6) is -0.0119. The van der Waals surface area contributed by atoms with Crippen LogP contribution in [0.4, 0.5) is 10.5 Å². The van der Waals surface area contributed by atoms with Crippen LogP contribution < -0.4 is 10.6 Å². The number of amides is 3. The molecular weight excluding hydrogens is 461 g/mol. The van der Waals surface area contributed by atoms with E-state index in [-0.39, 0.29) is 24.1 Å². The quantitative estimate of drug-likeness (QED) is 0.454. The number of nitrogens with one attached hydrogen (secondary N) is 2. The minimum absolute atomic E-state index is 0.0119. The van der Waals surface area contributed by atoms with Crippen molar-refractivity contribution in [2.24, 2.45) is 5.41 Å². The van der Waals surface area contributed by atoms with Crippen molar-refractivity contribution >= 4 is 40.8 Å². The predicted octanol–water partition coefficient (Wildman–Crippen LogP) is 6.29. The zero-order valence-corrected chi connectivity index (χ0v) is 21.6. The number of carbonyl (C=O) groups excluding carboxylic acids is 2. The van der Waals surface area contributed by atoms with E-state index >= 15 is 0 Å². The van der Waals surface area contributed by atoms with Crippen LogP contribution in [0.25, 0.3) is 0 Å². The van der Waals surface area contributed by atoms with Gasteiger partial charge in [0.15, 0.2) is 0 Å². The van der Waals surface area contributed by atoms with Crippen LogP contribution in [-0.4, -0.2) is 36.5 Å². The van der Waals surface area contributed by atoms with Gasteiger partial charge in [-0.25, -0.2) is 4.79 Å². The number of rotatable bonds is 8. The zero-order valence-electron chi connectivity index (χ0n) is 20.0. The van der Waals surface area contributed by atoms with Gasteiger partial charge in [-0.05, 0) is 49.2 Å². The first-order valence-electron chi connectivity index (χ1n) is 10.8. The van der Waals surface area contributed by atoms with Crippen LogP contribution in [0.15, 0.2) is 42.5 Å². The lowest BCUT2D eigenvalue weighted by Crippen LogP contribution is -2.42. The number of ether oxygens (including phenoxy) is 1. The number of hydrogen-bond donors (Lipinski definition) is 2. The highest BCUT2D eigenvalue weighted by molar-refractivity contribution is 6.42. The Kier molecular flexibility index (Phi) is 9.58. The highest BCUT2D eigenvalue weighted by Crippen LogP contribution is 2.28. The summed E-state index contributed by atoms with van der Waals surface area (Å²) in [5.41, 5.74) is 2.02.